The van der Waals surface area contributed by atoms with Gasteiger partial charge in [0.1, 0.15) is 0 Å². The van der Waals surface area contributed by atoms with Crippen molar-refractivity contribution in [2.75, 3.05) is 5.75 Å². The summed E-state index contributed by atoms with van der Waals surface area (Å²) >= 11 is 1.81. The highest BCUT2D eigenvalue weighted by Gasteiger charge is 1.99. The summed E-state index contributed by atoms with van der Waals surface area (Å²) in [5.74, 6) is 1.09. The summed E-state index contributed by atoms with van der Waals surface area (Å²) in [6.45, 7) is 3.91. The van der Waals surface area contributed by atoms with Crippen molar-refractivity contribution in [3.05, 3.63) is 29.8 Å². The molecule has 0 aliphatic carbocycles. The Morgan fingerprint density at radius 3 is 2.33 bits per heavy atom. The second kappa shape index (κ2) is 4.53. The maximum Gasteiger partial charge on any atom is 0.0761 e. The zero-order valence-electron chi connectivity index (χ0n) is 7.45. The zero-order valence-corrected chi connectivity index (χ0v) is 8.27. The summed E-state index contributed by atoms with van der Waals surface area (Å²) in [5, 5.41) is 9.24. The molecule has 1 N–H and O–H groups in total. The van der Waals surface area contributed by atoms with Gasteiger partial charge < -0.3 is 5.11 Å². The van der Waals surface area contributed by atoms with Crippen LogP contribution in [0.3, 0.4) is 0 Å². The van der Waals surface area contributed by atoms with Gasteiger partial charge in [0.25, 0.3) is 0 Å². The molecule has 0 heterocycles. The first-order chi connectivity index (χ1) is 5.74. The highest BCUT2D eigenvalue weighted by atomic mass is 32.2. The SMILES string of the molecule is CCSc1ccc([C@H](C)O)cc1. The predicted molar refractivity (Wildman–Crippen MR) is 53.5 cm³/mol. The van der Waals surface area contributed by atoms with Crippen LogP contribution >= 0.6 is 11.8 Å². The Morgan fingerprint density at radius 2 is 1.92 bits per heavy atom. The van der Waals surface area contributed by atoms with E-state index in [1.54, 1.807) is 6.92 Å². The van der Waals surface area contributed by atoms with Gasteiger partial charge in [0.15, 0.2) is 0 Å². The third-order valence-electron chi connectivity index (χ3n) is 1.67. The second-order valence-corrected chi connectivity index (χ2v) is 4.02. The molecule has 0 aliphatic rings. The van der Waals surface area contributed by atoms with Gasteiger partial charge in [0.2, 0.25) is 0 Å². The maximum atomic E-state index is 9.24. The van der Waals surface area contributed by atoms with Crippen molar-refractivity contribution in [3.63, 3.8) is 0 Å². The van der Waals surface area contributed by atoms with Crippen molar-refractivity contribution in [3.8, 4) is 0 Å². The fourth-order valence-electron chi connectivity index (χ4n) is 1.01. The first-order valence-electron chi connectivity index (χ1n) is 4.15. The Balaban J connectivity index is 2.71. The van der Waals surface area contributed by atoms with Gasteiger partial charge in [-0.15, -0.1) is 11.8 Å². The monoisotopic (exact) mass is 182 g/mol. The van der Waals surface area contributed by atoms with E-state index in [2.05, 4.69) is 19.1 Å². The average molecular weight is 182 g/mol. The van der Waals surface area contributed by atoms with Crippen LogP contribution in [-0.4, -0.2) is 10.9 Å². The van der Waals surface area contributed by atoms with Crippen molar-refractivity contribution >= 4 is 11.8 Å². The van der Waals surface area contributed by atoms with Crippen LogP contribution < -0.4 is 0 Å². The molecule has 0 bridgehead atoms. The lowest BCUT2D eigenvalue weighted by Crippen LogP contribution is -1.89. The second-order valence-electron chi connectivity index (χ2n) is 2.68. The molecule has 0 aliphatic heterocycles. The summed E-state index contributed by atoms with van der Waals surface area (Å²) in [5.41, 5.74) is 0.982. The van der Waals surface area contributed by atoms with E-state index in [-0.39, 0.29) is 6.10 Å². The quantitative estimate of drug-likeness (QED) is 0.725. The number of hydrogen-bond acceptors (Lipinski definition) is 2. The lowest BCUT2D eigenvalue weighted by atomic mass is 10.1. The Morgan fingerprint density at radius 1 is 1.33 bits per heavy atom. The molecule has 0 saturated heterocycles. The number of aliphatic hydroxyl groups is 1. The number of aliphatic hydroxyl groups excluding tert-OH is 1. The Hall–Kier alpha value is -0.470. The van der Waals surface area contributed by atoms with Gasteiger partial charge in [0.05, 0.1) is 6.10 Å². The molecule has 0 unspecified atom stereocenters. The van der Waals surface area contributed by atoms with Crippen LogP contribution in [0.2, 0.25) is 0 Å². The fraction of sp³-hybridized carbons (Fsp3) is 0.400. The molecule has 1 rings (SSSR count). The van der Waals surface area contributed by atoms with Crippen molar-refractivity contribution in [1.82, 2.24) is 0 Å². The third-order valence-corrected chi connectivity index (χ3v) is 2.57. The van der Waals surface area contributed by atoms with Crippen LogP contribution in [0.15, 0.2) is 29.2 Å². The largest absolute Gasteiger partial charge is 0.389 e. The van der Waals surface area contributed by atoms with Crippen LogP contribution in [0.25, 0.3) is 0 Å². The van der Waals surface area contributed by atoms with Crippen LogP contribution in [0.4, 0.5) is 0 Å². The van der Waals surface area contributed by atoms with Crippen molar-refractivity contribution < 1.29 is 5.11 Å². The fourth-order valence-corrected chi connectivity index (χ4v) is 1.67. The molecular weight excluding hydrogens is 168 g/mol. The number of hydrogen-bond donors (Lipinski definition) is 1. The lowest BCUT2D eigenvalue weighted by molar-refractivity contribution is 0.199. The molecule has 66 valence electrons. The molecule has 0 amide bonds. The minimum absolute atomic E-state index is 0.356. The summed E-state index contributed by atoms with van der Waals surface area (Å²) in [4.78, 5) is 1.27. The van der Waals surface area contributed by atoms with E-state index in [9.17, 15) is 5.11 Å². The van der Waals surface area contributed by atoms with Gasteiger partial charge in [-0.2, -0.15) is 0 Å². The summed E-state index contributed by atoms with van der Waals surface area (Å²) in [6, 6.07) is 8.05. The first-order valence-corrected chi connectivity index (χ1v) is 5.13. The first kappa shape index (κ1) is 9.62. The Labute approximate surface area is 77.8 Å². The van der Waals surface area contributed by atoms with E-state index in [1.807, 2.05) is 23.9 Å². The van der Waals surface area contributed by atoms with Gasteiger partial charge in [-0.3, -0.25) is 0 Å². The van der Waals surface area contributed by atoms with E-state index in [4.69, 9.17) is 0 Å². The molecule has 1 atom stereocenters. The van der Waals surface area contributed by atoms with Gasteiger partial charge in [-0.1, -0.05) is 19.1 Å². The van der Waals surface area contributed by atoms with Gasteiger partial charge in [-0.05, 0) is 30.4 Å². The van der Waals surface area contributed by atoms with Crippen LogP contribution in [0, 0.1) is 0 Å². The van der Waals surface area contributed by atoms with E-state index >= 15 is 0 Å². The minimum Gasteiger partial charge on any atom is -0.389 e. The predicted octanol–water partition coefficient (Wildman–Crippen LogP) is 2.85. The minimum atomic E-state index is -0.356. The van der Waals surface area contributed by atoms with Crippen molar-refractivity contribution in [2.45, 2.75) is 24.8 Å². The molecule has 0 saturated carbocycles. The third kappa shape index (κ3) is 2.54. The summed E-state index contributed by atoms with van der Waals surface area (Å²) in [7, 11) is 0. The molecular formula is C10H14OS. The van der Waals surface area contributed by atoms with Gasteiger partial charge in [-0.25, -0.2) is 0 Å². The van der Waals surface area contributed by atoms with E-state index < -0.39 is 0 Å². The number of benzene rings is 1. The topological polar surface area (TPSA) is 20.2 Å². The molecule has 1 nitrogen and oxygen atoms in total. The molecule has 0 radical (unpaired) electrons. The Bertz CT molecular complexity index is 228. The Kier molecular flexibility index (Phi) is 3.63. The molecule has 0 aromatic heterocycles. The normalized spacial score (nSPS) is 12.9. The molecule has 1 aromatic carbocycles. The van der Waals surface area contributed by atoms with E-state index in [0.717, 1.165) is 11.3 Å². The van der Waals surface area contributed by atoms with E-state index in [1.165, 1.54) is 4.90 Å². The highest BCUT2D eigenvalue weighted by Crippen LogP contribution is 2.20. The van der Waals surface area contributed by atoms with Crippen LogP contribution in [0.5, 0.6) is 0 Å². The van der Waals surface area contributed by atoms with Crippen molar-refractivity contribution in [1.29, 1.82) is 0 Å². The smallest absolute Gasteiger partial charge is 0.0761 e. The summed E-state index contributed by atoms with van der Waals surface area (Å²) in [6.07, 6.45) is -0.356. The van der Waals surface area contributed by atoms with Crippen LogP contribution in [0.1, 0.15) is 25.5 Å². The number of rotatable bonds is 3. The van der Waals surface area contributed by atoms with Gasteiger partial charge in [0, 0.05) is 4.90 Å². The molecule has 0 spiro atoms. The van der Waals surface area contributed by atoms with Crippen LogP contribution in [-0.2, 0) is 0 Å². The summed E-state index contributed by atoms with van der Waals surface area (Å²) < 4.78 is 0. The molecule has 1 aromatic rings. The molecule has 2 heteroatoms. The molecule has 12 heavy (non-hydrogen) atoms. The standard InChI is InChI=1S/C10H14OS/c1-3-12-10-6-4-9(5-7-10)8(2)11/h4-8,11H,3H2,1-2H3/t8-/m0/s1. The maximum absolute atomic E-state index is 9.24. The van der Waals surface area contributed by atoms with Gasteiger partial charge >= 0.3 is 0 Å². The lowest BCUT2D eigenvalue weighted by Gasteiger charge is -2.04. The average Bonchev–Trinajstić information content (AvgIpc) is 2.06. The number of thioether (sulfide) groups is 1. The van der Waals surface area contributed by atoms with E-state index in [0.29, 0.717) is 0 Å². The zero-order chi connectivity index (χ0) is 8.97. The highest BCUT2D eigenvalue weighted by molar-refractivity contribution is 7.99. The molecule has 0 fully saturated rings. The van der Waals surface area contributed by atoms with Crippen molar-refractivity contribution in [2.24, 2.45) is 0 Å².